The molecule has 1 amide bonds. The molecule has 3 nitrogen and oxygen atoms in total. The lowest BCUT2D eigenvalue weighted by molar-refractivity contribution is 0.0946. The van der Waals surface area contributed by atoms with Crippen LogP contribution in [0.2, 0.25) is 0 Å². The summed E-state index contributed by atoms with van der Waals surface area (Å²) < 4.78 is 18.4. The number of amides is 1. The second-order valence-corrected chi connectivity index (χ2v) is 4.05. The Kier molecular flexibility index (Phi) is 4.55. The van der Waals surface area contributed by atoms with E-state index in [-0.39, 0.29) is 23.2 Å². The summed E-state index contributed by atoms with van der Waals surface area (Å²) in [7, 11) is 1.38. The van der Waals surface area contributed by atoms with Crippen molar-refractivity contribution in [2.24, 2.45) is 0 Å². The van der Waals surface area contributed by atoms with E-state index in [9.17, 15) is 9.18 Å². The number of methoxy groups -OCH3 is 1. The fourth-order valence-corrected chi connectivity index (χ4v) is 1.29. The molecule has 1 rings (SSSR count). The molecule has 16 heavy (non-hydrogen) atoms. The van der Waals surface area contributed by atoms with E-state index in [1.807, 2.05) is 0 Å². The molecule has 0 aromatic heterocycles. The molecule has 0 heterocycles. The molecule has 0 bridgehead atoms. The van der Waals surface area contributed by atoms with Crippen LogP contribution < -0.4 is 10.1 Å². The summed E-state index contributed by atoms with van der Waals surface area (Å²) in [4.78, 5) is 11.7. The topological polar surface area (TPSA) is 38.3 Å². The van der Waals surface area contributed by atoms with Crippen LogP contribution in [0.4, 0.5) is 4.39 Å². The van der Waals surface area contributed by atoms with Crippen LogP contribution in [0.1, 0.15) is 17.3 Å². The molecule has 5 heteroatoms. The van der Waals surface area contributed by atoms with Gasteiger partial charge < -0.3 is 10.1 Å². The van der Waals surface area contributed by atoms with E-state index < -0.39 is 11.7 Å². The van der Waals surface area contributed by atoms with Crippen molar-refractivity contribution >= 4 is 17.5 Å². The van der Waals surface area contributed by atoms with Gasteiger partial charge >= 0.3 is 0 Å². The Morgan fingerprint density at radius 3 is 2.88 bits per heavy atom. The summed E-state index contributed by atoms with van der Waals surface area (Å²) in [5.74, 6) is -0.929. The summed E-state index contributed by atoms with van der Waals surface area (Å²) in [6.07, 6.45) is 0. The van der Waals surface area contributed by atoms with Crippen LogP contribution in [0, 0.1) is 5.82 Å². The van der Waals surface area contributed by atoms with Crippen LogP contribution in [0.3, 0.4) is 0 Å². The quantitative estimate of drug-likeness (QED) is 0.826. The molecule has 1 aromatic rings. The van der Waals surface area contributed by atoms with Crippen LogP contribution in [0.25, 0.3) is 0 Å². The minimum atomic E-state index is -0.612. The zero-order valence-electron chi connectivity index (χ0n) is 9.09. The van der Waals surface area contributed by atoms with E-state index >= 15 is 0 Å². The number of benzene rings is 1. The molecule has 0 aliphatic heterocycles. The maximum absolute atomic E-state index is 13.4. The van der Waals surface area contributed by atoms with Gasteiger partial charge in [0.15, 0.2) is 0 Å². The van der Waals surface area contributed by atoms with Gasteiger partial charge in [0.05, 0.1) is 7.11 Å². The van der Waals surface area contributed by atoms with Crippen molar-refractivity contribution in [1.82, 2.24) is 5.32 Å². The van der Waals surface area contributed by atoms with Crippen LogP contribution in [-0.4, -0.2) is 24.9 Å². The number of hydrogen-bond donors (Lipinski definition) is 1. The molecule has 1 aromatic carbocycles. The first-order chi connectivity index (χ1) is 7.56. The van der Waals surface area contributed by atoms with Gasteiger partial charge in [0.25, 0.3) is 5.91 Å². The Morgan fingerprint density at radius 1 is 1.62 bits per heavy atom. The predicted octanol–water partition coefficient (Wildman–Crippen LogP) is 2.19. The highest BCUT2D eigenvalue weighted by atomic mass is 35.5. The number of halogens is 2. The number of hydrogen-bond acceptors (Lipinski definition) is 2. The molecule has 0 aliphatic carbocycles. The van der Waals surface area contributed by atoms with Gasteiger partial charge in [-0.15, -0.1) is 11.6 Å². The monoisotopic (exact) mass is 245 g/mol. The van der Waals surface area contributed by atoms with Gasteiger partial charge in [-0.1, -0.05) is 6.07 Å². The summed E-state index contributed by atoms with van der Waals surface area (Å²) >= 11 is 5.68. The zero-order valence-corrected chi connectivity index (χ0v) is 9.84. The fourth-order valence-electron chi connectivity index (χ4n) is 1.22. The van der Waals surface area contributed by atoms with E-state index in [4.69, 9.17) is 16.3 Å². The summed E-state index contributed by atoms with van der Waals surface area (Å²) in [5, 5.41) is 2.32. The highest BCUT2D eigenvalue weighted by Crippen LogP contribution is 2.20. The Balaban J connectivity index is 2.89. The highest BCUT2D eigenvalue weighted by molar-refractivity contribution is 6.20. The lowest BCUT2D eigenvalue weighted by atomic mass is 10.1. The van der Waals surface area contributed by atoms with E-state index in [0.29, 0.717) is 0 Å². The molecule has 0 radical (unpaired) electrons. The minimum absolute atomic E-state index is 0.0951. The van der Waals surface area contributed by atoms with E-state index in [2.05, 4.69) is 5.32 Å². The van der Waals surface area contributed by atoms with E-state index in [1.165, 1.54) is 25.3 Å². The van der Waals surface area contributed by atoms with Crippen molar-refractivity contribution in [2.75, 3.05) is 13.7 Å². The smallest absolute Gasteiger partial charge is 0.258 e. The van der Waals surface area contributed by atoms with Gasteiger partial charge in [0, 0.05) is 11.9 Å². The molecule has 0 saturated heterocycles. The van der Waals surface area contributed by atoms with Crippen molar-refractivity contribution in [3.63, 3.8) is 0 Å². The molecule has 0 aliphatic rings. The lowest BCUT2D eigenvalue weighted by Crippen LogP contribution is -2.29. The first-order valence-corrected chi connectivity index (χ1v) is 5.24. The number of alkyl halides is 1. The number of nitrogens with one attached hydrogen (secondary N) is 1. The maximum Gasteiger partial charge on any atom is 0.258 e. The standard InChI is InChI=1S/C11H13ClFNO2/c1-7(12)6-14-11(15)10-8(13)4-3-5-9(10)16-2/h3-5,7H,6H2,1-2H3,(H,14,15). The number of rotatable bonds is 4. The van der Waals surface area contributed by atoms with Crippen LogP contribution >= 0.6 is 11.6 Å². The van der Waals surface area contributed by atoms with Gasteiger partial charge in [-0.25, -0.2) is 4.39 Å². The number of carbonyl (C=O) groups is 1. The van der Waals surface area contributed by atoms with Crippen LogP contribution in [-0.2, 0) is 0 Å². The molecule has 0 saturated carbocycles. The zero-order chi connectivity index (χ0) is 12.1. The van der Waals surface area contributed by atoms with Gasteiger partial charge in [0.1, 0.15) is 17.1 Å². The van der Waals surface area contributed by atoms with Crippen molar-refractivity contribution in [3.8, 4) is 5.75 Å². The summed E-state index contributed by atoms with van der Waals surface area (Å²) in [6.45, 7) is 2.01. The third kappa shape index (κ3) is 3.10. The van der Waals surface area contributed by atoms with Crippen molar-refractivity contribution in [2.45, 2.75) is 12.3 Å². The predicted molar refractivity (Wildman–Crippen MR) is 60.6 cm³/mol. The average Bonchev–Trinajstić information content (AvgIpc) is 2.25. The Morgan fingerprint density at radius 2 is 2.31 bits per heavy atom. The molecule has 88 valence electrons. The normalized spacial score (nSPS) is 12.0. The Labute approximate surface area is 98.5 Å². The summed E-state index contributed by atoms with van der Waals surface area (Å²) in [5.41, 5.74) is -0.0951. The Hall–Kier alpha value is -1.29. The number of carbonyl (C=O) groups excluding carboxylic acids is 1. The third-order valence-electron chi connectivity index (χ3n) is 1.97. The Bertz CT molecular complexity index is 382. The molecular weight excluding hydrogens is 233 g/mol. The first-order valence-electron chi connectivity index (χ1n) is 4.81. The average molecular weight is 246 g/mol. The van der Waals surface area contributed by atoms with Crippen LogP contribution in [0.5, 0.6) is 5.75 Å². The largest absolute Gasteiger partial charge is 0.496 e. The van der Waals surface area contributed by atoms with Crippen molar-refractivity contribution < 1.29 is 13.9 Å². The molecular formula is C11H13ClFNO2. The molecule has 0 fully saturated rings. The molecule has 0 spiro atoms. The fraction of sp³-hybridized carbons (Fsp3) is 0.364. The third-order valence-corrected chi connectivity index (χ3v) is 2.12. The lowest BCUT2D eigenvalue weighted by Gasteiger charge is -2.10. The second kappa shape index (κ2) is 5.70. The summed E-state index contributed by atoms with van der Waals surface area (Å²) in [6, 6.07) is 4.22. The first kappa shape index (κ1) is 12.8. The molecule has 1 atom stereocenters. The second-order valence-electron chi connectivity index (χ2n) is 3.31. The van der Waals surface area contributed by atoms with Crippen LogP contribution in [0.15, 0.2) is 18.2 Å². The van der Waals surface area contributed by atoms with E-state index in [0.717, 1.165) is 0 Å². The van der Waals surface area contributed by atoms with E-state index in [1.54, 1.807) is 6.92 Å². The van der Waals surface area contributed by atoms with Gasteiger partial charge in [-0.2, -0.15) is 0 Å². The minimum Gasteiger partial charge on any atom is -0.496 e. The van der Waals surface area contributed by atoms with Crippen molar-refractivity contribution in [1.29, 1.82) is 0 Å². The maximum atomic E-state index is 13.4. The highest BCUT2D eigenvalue weighted by Gasteiger charge is 2.17. The van der Waals surface area contributed by atoms with Gasteiger partial charge in [-0.05, 0) is 19.1 Å². The van der Waals surface area contributed by atoms with Gasteiger partial charge in [-0.3, -0.25) is 4.79 Å². The molecule has 1 unspecified atom stereocenters. The number of ether oxygens (including phenoxy) is 1. The molecule has 1 N–H and O–H groups in total. The van der Waals surface area contributed by atoms with Gasteiger partial charge in [0.2, 0.25) is 0 Å². The van der Waals surface area contributed by atoms with Crippen molar-refractivity contribution in [3.05, 3.63) is 29.6 Å². The SMILES string of the molecule is COc1cccc(F)c1C(=O)NCC(C)Cl.